The van der Waals surface area contributed by atoms with Crippen LogP contribution in [0.4, 0.5) is 0 Å². The van der Waals surface area contributed by atoms with E-state index in [1.165, 1.54) is 0 Å². The van der Waals surface area contributed by atoms with Gasteiger partial charge < -0.3 is 49.3 Å². The van der Waals surface area contributed by atoms with Gasteiger partial charge >= 0.3 is 0 Å². The molecule has 0 saturated carbocycles. The van der Waals surface area contributed by atoms with Crippen LogP contribution < -0.4 is 0 Å². The zero-order chi connectivity index (χ0) is 0. The van der Waals surface area contributed by atoms with Crippen LogP contribution in [0.2, 0.25) is 0 Å². The standard InChI is InChI=1S/BH3.9H2O/h1H3;9*1H2. The first-order valence-electron chi connectivity index (χ1n) is 0. The van der Waals surface area contributed by atoms with Crippen LogP contribution in [0, 0.1) is 0 Å². The molecule has 0 aromatic carbocycles. The number of hydrogen-bond donors (Lipinski definition) is 0. The molecule has 0 radical (unpaired) electrons. The molecule has 0 bridgehead atoms. The Morgan fingerprint density at radius 2 is 0.200 bits per heavy atom. The van der Waals surface area contributed by atoms with Gasteiger partial charge in [0.15, 0.2) is 0 Å². The Balaban J connectivity index is 0. The summed E-state index contributed by atoms with van der Waals surface area (Å²) in [6.45, 7) is 0. The SMILES string of the molecule is B.O.O.O.O.O.O.O.O.O. The van der Waals surface area contributed by atoms with Crippen LogP contribution in [0.3, 0.4) is 0 Å². The van der Waals surface area contributed by atoms with E-state index in [2.05, 4.69) is 0 Å². The predicted octanol–water partition coefficient (Wildman–Crippen LogP) is -8.61. The topological polar surface area (TPSA) is 284 Å². The van der Waals surface area contributed by atoms with Crippen molar-refractivity contribution in [2.75, 3.05) is 0 Å². The van der Waals surface area contributed by atoms with E-state index in [-0.39, 0.29) is 57.7 Å². The average molecular weight is 176 g/mol. The molecule has 0 rings (SSSR count). The van der Waals surface area contributed by atoms with Crippen molar-refractivity contribution < 1.29 is 49.3 Å². The Hall–Kier alpha value is -0.295. The third-order valence-corrected chi connectivity index (χ3v) is 0. The van der Waals surface area contributed by atoms with Gasteiger partial charge in [0.25, 0.3) is 0 Å². The third kappa shape index (κ3) is 3980. The van der Waals surface area contributed by atoms with Gasteiger partial charge in [0.05, 0.1) is 8.41 Å². The van der Waals surface area contributed by atoms with Gasteiger partial charge in [-0.05, 0) is 0 Å². The van der Waals surface area contributed by atoms with E-state index in [1.807, 2.05) is 0 Å². The molecule has 0 saturated heterocycles. The molecule has 78 valence electrons. The quantitative estimate of drug-likeness (QED) is 0.310. The van der Waals surface area contributed by atoms with Crippen molar-refractivity contribution >= 4 is 8.41 Å². The van der Waals surface area contributed by atoms with Crippen LogP contribution >= 0.6 is 0 Å². The van der Waals surface area contributed by atoms with Gasteiger partial charge in [-0.15, -0.1) is 0 Å². The van der Waals surface area contributed by atoms with Crippen molar-refractivity contribution in [1.29, 1.82) is 0 Å². The van der Waals surface area contributed by atoms with Crippen molar-refractivity contribution in [3.8, 4) is 0 Å². The van der Waals surface area contributed by atoms with E-state index in [1.54, 1.807) is 0 Å². The summed E-state index contributed by atoms with van der Waals surface area (Å²) in [5.74, 6) is 0. The lowest BCUT2D eigenvalue weighted by molar-refractivity contribution is 0.823. The Morgan fingerprint density at radius 3 is 0.200 bits per heavy atom. The first-order chi connectivity index (χ1) is 0. The Labute approximate surface area is 59.0 Å². The van der Waals surface area contributed by atoms with Crippen molar-refractivity contribution in [2.45, 2.75) is 0 Å². The lowest BCUT2D eigenvalue weighted by atomic mass is 10.8. The molecule has 0 aliphatic heterocycles. The minimum absolute atomic E-state index is 0. The minimum atomic E-state index is 0. The van der Waals surface area contributed by atoms with Crippen molar-refractivity contribution in [2.24, 2.45) is 0 Å². The molecule has 9 nitrogen and oxygen atoms in total. The summed E-state index contributed by atoms with van der Waals surface area (Å²) in [6.07, 6.45) is 0. The second-order valence-corrected chi connectivity index (χ2v) is 0. The normalized spacial score (nSPS) is 0. The van der Waals surface area contributed by atoms with Crippen LogP contribution in [-0.4, -0.2) is 57.7 Å². The molecule has 0 aliphatic rings. The molecule has 10 heavy (non-hydrogen) atoms. The maximum atomic E-state index is 0. The molecular formula is H21BO9. The molecule has 0 aliphatic carbocycles. The van der Waals surface area contributed by atoms with Crippen molar-refractivity contribution in [1.82, 2.24) is 0 Å². The molecule has 0 amide bonds. The van der Waals surface area contributed by atoms with Gasteiger partial charge in [-0.3, -0.25) is 0 Å². The maximum Gasteiger partial charge on any atom is 0.0814 e. The smallest absolute Gasteiger partial charge is 0.0814 e. The minimum Gasteiger partial charge on any atom is -0.412 e. The van der Waals surface area contributed by atoms with Gasteiger partial charge in [-0.1, -0.05) is 0 Å². The first kappa shape index (κ1) is 8450. The first-order valence-corrected chi connectivity index (χ1v) is 0. The lowest BCUT2D eigenvalue weighted by Crippen LogP contribution is -0.381. The second kappa shape index (κ2) is 5940. The van der Waals surface area contributed by atoms with Gasteiger partial charge in [-0.2, -0.15) is 0 Å². The van der Waals surface area contributed by atoms with Crippen LogP contribution in [0.25, 0.3) is 0 Å². The van der Waals surface area contributed by atoms with Crippen LogP contribution in [0.15, 0.2) is 0 Å². The largest absolute Gasteiger partial charge is 0.412 e. The molecular weight excluding hydrogens is 155 g/mol. The molecule has 18 N–H and O–H groups in total. The van der Waals surface area contributed by atoms with Crippen LogP contribution in [0.1, 0.15) is 0 Å². The molecule has 0 unspecified atom stereocenters. The van der Waals surface area contributed by atoms with E-state index in [0.29, 0.717) is 0 Å². The Morgan fingerprint density at radius 1 is 0.200 bits per heavy atom. The molecule has 0 atom stereocenters. The average Bonchev–Trinajstić information content (AvgIpc) is 0. The van der Waals surface area contributed by atoms with Crippen molar-refractivity contribution in [3.63, 3.8) is 0 Å². The highest BCUT2D eigenvalue weighted by Gasteiger charge is 0.0814. The summed E-state index contributed by atoms with van der Waals surface area (Å²) in [5.41, 5.74) is 0. The van der Waals surface area contributed by atoms with E-state index < -0.39 is 0 Å². The van der Waals surface area contributed by atoms with Gasteiger partial charge in [0.1, 0.15) is 0 Å². The maximum absolute atomic E-state index is 0. The molecule has 10 heteroatoms. The highest BCUT2D eigenvalue weighted by Crippen LogP contribution is -0.281. The zero-order valence-electron chi connectivity index (χ0n) is 4.50. The molecule has 0 fully saturated rings. The van der Waals surface area contributed by atoms with Crippen LogP contribution in [0.5, 0.6) is 0 Å². The van der Waals surface area contributed by atoms with Crippen molar-refractivity contribution in [3.05, 3.63) is 0 Å². The predicted molar refractivity (Wildman–Crippen MR) is 42.5 cm³/mol. The third-order valence-electron chi connectivity index (χ3n) is 0. The summed E-state index contributed by atoms with van der Waals surface area (Å²) >= 11 is 0. The fourth-order valence-electron chi connectivity index (χ4n) is 0. The van der Waals surface area contributed by atoms with Gasteiger partial charge in [0.2, 0.25) is 0 Å². The number of rotatable bonds is 0. The summed E-state index contributed by atoms with van der Waals surface area (Å²) in [6, 6.07) is 0. The fourth-order valence-corrected chi connectivity index (χ4v) is 0. The summed E-state index contributed by atoms with van der Waals surface area (Å²) in [5, 5.41) is 0. The Kier molecular flexibility index (Phi) is 5010000. The second-order valence-electron chi connectivity index (χ2n) is 0. The van der Waals surface area contributed by atoms with Crippen LogP contribution in [-0.2, 0) is 0 Å². The molecule has 0 heterocycles. The highest BCUT2D eigenvalue weighted by atomic mass is 16.0. The molecule has 0 aromatic rings. The zero-order valence-corrected chi connectivity index (χ0v) is 4.50. The highest BCUT2D eigenvalue weighted by molar-refractivity contribution is 5.75. The number of hydrogen-bond acceptors (Lipinski definition) is 0. The summed E-state index contributed by atoms with van der Waals surface area (Å²) in [4.78, 5) is 0. The van der Waals surface area contributed by atoms with E-state index in [0.717, 1.165) is 0 Å². The van der Waals surface area contributed by atoms with Gasteiger partial charge in [0, 0.05) is 0 Å². The van der Waals surface area contributed by atoms with Gasteiger partial charge in [-0.25, -0.2) is 0 Å². The summed E-state index contributed by atoms with van der Waals surface area (Å²) < 4.78 is 0. The lowest BCUT2D eigenvalue weighted by Gasteiger charge is -0.413. The van der Waals surface area contributed by atoms with E-state index >= 15 is 0 Å². The Bertz CT molecular complexity index is 4.69. The van der Waals surface area contributed by atoms with E-state index in [4.69, 9.17) is 0 Å². The van der Waals surface area contributed by atoms with E-state index in [9.17, 15) is 0 Å². The summed E-state index contributed by atoms with van der Waals surface area (Å²) in [7, 11) is 0. The monoisotopic (exact) mass is 176 g/mol. The molecule has 0 spiro atoms. The fraction of sp³-hybridized carbons (Fsp3) is 0. The molecule has 0 aromatic heterocycles.